The molecule has 1 atom stereocenters. The zero-order valence-corrected chi connectivity index (χ0v) is 25.7. The number of hydrogen-bond donors (Lipinski definition) is 1. The molecule has 3 aliphatic rings. The summed E-state index contributed by atoms with van der Waals surface area (Å²) in [4.78, 5) is 41.0. The maximum atomic E-state index is 13.9. The lowest BCUT2D eigenvalue weighted by Gasteiger charge is -2.45. The van der Waals surface area contributed by atoms with Gasteiger partial charge in [-0.25, -0.2) is 14.6 Å². The number of morpholine rings is 1. The van der Waals surface area contributed by atoms with Crippen LogP contribution in [-0.4, -0.2) is 80.8 Å². The van der Waals surface area contributed by atoms with Crippen molar-refractivity contribution in [2.75, 3.05) is 32.8 Å². The van der Waals surface area contributed by atoms with E-state index in [0.29, 0.717) is 39.4 Å². The number of amides is 3. The van der Waals surface area contributed by atoms with Crippen molar-refractivity contribution in [2.24, 2.45) is 0 Å². The third kappa shape index (κ3) is 5.35. The highest BCUT2D eigenvalue weighted by Gasteiger charge is 2.39. The molecule has 0 unspecified atom stereocenters. The predicted molar refractivity (Wildman–Crippen MR) is 162 cm³/mol. The number of aromatic nitrogens is 2. The molecule has 224 valence electrons. The van der Waals surface area contributed by atoms with Crippen LogP contribution in [0.4, 0.5) is 9.59 Å². The first-order chi connectivity index (χ1) is 19.9. The normalized spacial score (nSPS) is 20.6. The van der Waals surface area contributed by atoms with Crippen LogP contribution in [0.3, 0.4) is 0 Å². The molecule has 2 saturated heterocycles. The summed E-state index contributed by atoms with van der Waals surface area (Å²) in [5.41, 5.74) is 6.72. The standard InChI is InChI=1S/C33H43N5O4/c1-21-17-34-29-25(21)16-24(18-35-29)23-14-22-9-11-36(30(39)38-12-13-41-20-33(38,5)6)19-27(22)26(15-23)28-8-7-10-37(28)31(40)42-32(2,3)4/h14-18,28H,7-13,19-20H2,1-6H3,(H,34,35)/t28-/m0/s1. The lowest BCUT2D eigenvalue weighted by atomic mass is 9.86. The number of carbonyl (C=O) groups excluding carboxylic acids is 2. The highest BCUT2D eigenvalue weighted by atomic mass is 16.6. The quantitative estimate of drug-likeness (QED) is 0.394. The zero-order chi connectivity index (χ0) is 29.8. The first kappa shape index (κ1) is 28.5. The third-order valence-corrected chi connectivity index (χ3v) is 8.83. The average Bonchev–Trinajstić information content (AvgIpc) is 3.57. The Bertz CT molecular complexity index is 1520. The number of aromatic amines is 1. The molecule has 0 aliphatic carbocycles. The van der Waals surface area contributed by atoms with Gasteiger partial charge in [0.05, 0.1) is 24.8 Å². The van der Waals surface area contributed by atoms with Gasteiger partial charge in [0.1, 0.15) is 11.2 Å². The zero-order valence-electron chi connectivity index (χ0n) is 25.7. The molecular formula is C33H43N5O4. The molecule has 0 spiro atoms. The highest BCUT2D eigenvalue weighted by Crippen LogP contribution is 2.41. The predicted octanol–water partition coefficient (Wildman–Crippen LogP) is 6.20. The summed E-state index contributed by atoms with van der Waals surface area (Å²) in [5.74, 6) is 0. The lowest BCUT2D eigenvalue weighted by molar-refractivity contribution is -0.0358. The van der Waals surface area contributed by atoms with Gasteiger partial charge in [0.25, 0.3) is 0 Å². The molecule has 3 amide bonds. The molecule has 2 fully saturated rings. The Labute approximate surface area is 248 Å². The van der Waals surface area contributed by atoms with Gasteiger partial charge in [-0.15, -0.1) is 0 Å². The number of H-pyrrole nitrogens is 1. The first-order valence-electron chi connectivity index (χ1n) is 15.1. The van der Waals surface area contributed by atoms with E-state index in [0.717, 1.165) is 58.1 Å². The summed E-state index contributed by atoms with van der Waals surface area (Å²) in [5, 5.41) is 1.10. The van der Waals surface area contributed by atoms with Gasteiger partial charge in [-0.05, 0) is 101 Å². The SMILES string of the molecule is Cc1c[nH]c2ncc(-c3cc4c(c([C@@H]5CCCN5C(=O)OC(C)(C)C)c3)CN(C(=O)N3CCOCC3(C)C)CC4)cc12. The summed E-state index contributed by atoms with van der Waals surface area (Å²) >= 11 is 0. The van der Waals surface area contributed by atoms with Gasteiger partial charge >= 0.3 is 12.1 Å². The molecule has 9 heteroatoms. The average molecular weight is 574 g/mol. The Morgan fingerprint density at radius 1 is 1.12 bits per heavy atom. The van der Waals surface area contributed by atoms with Gasteiger partial charge in [-0.1, -0.05) is 6.07 Å². The fourth-order valence-corrected chi connectivity index (χ4v) is 6.63. The van der Waals surface area contributed by atoms with Crippen molar-refractivity contribution in [3.05, 3.63) is 52.8 Å². The number of benzene rings is 1. The van der Waals surface area contributed by atoms with Gasteiger partial charge in [0, 0.05) is 49.5 Å². The molecule has 5 heterocycles. The van der Waals surface area contributed by atoms with E-state index in [1.807, 2.05) is 47.9 Å². The van der Waals surface area contributed by atoms with Crippen LogP contribution < -0.4 is 0 Å². The molecule has 2 aromatic heterocycles. The van der Waals surface area contributed by atoms with E-state index in [9.17, 15) is 9.59 Å². The van der Waals surface area contributed by atoms with Gasteiger partial charge in [0.15, 0.2) is 0 Å². The van der Waals surface area contributed by atoms with Crippen molar-refractivity contribution < 1.29 is 19.1 Å². The Hall–Kier alpha value is -3.59. The summed E-state index contributed by atoms with van der Waals surface area (Å²) in [6.45, 7) is 15.4. The van der Waals surface area contributed by atoms with E-state index in [-0.39, 0.29) is 23.7 Å². The van der Waals surface area contributed by atoms with Crippen LogP contribution >= 0.6 is 0 Å². The number of urea groups is 1. The van der Waals surface area contributed by atoms with Crippen molar-refractivity contribution in [1.29, 1.82) is 0 Å². The number of ether oxygens (including phenoxy) is 2. The molecular weight excluding hydrogens is 530 g/mol. The summed E-state index contributed by atoms with van der Waals surface area (Å²) in [6, 6.07) is 6.62. The Morgan fingerprint density at radius 3 is 2.69 bits per heavy atom. The molecule has 9 nitrogen and oxygen atoms in total. The number of nitrogens with zero attached hydrogens (tertiary/aromatic N) is 4. The summed E-state index contributed by atoms with van der Waals surface area (Å²) < 4.78 is 11.5. The minimum absolute atomic E-state index is 0.0528. The van der Waals surface area contributed by atoms with Crippen LogP contribution in [-0.2, 0) is 22.4 Å². The van der Waals surface area contributed by atoms with E-state index in [4.69, 9.17) is 14.5 Å². The van der Waals surface area contributed by atoms with Gasteiger partial charge in [-0.3, -0.25) is 0 Å². The van der Waals surface area contributed by atoms with Crippen molar-refractivity contribution in [3.63, 3.8) is 0 Å². The molecule has 3 aromatic rings. The van der Waals surface area contributed by atoms with E-state index < -0.39 is 5.60 Å². The van der Waals surface area contributed by atoms with E-state index in [2.05, 4.69) is 44.0 Å². The van der Waals surface area contributed by atoms with Crippen LogP contribution in [0, 0.1) is 6.92 Å². The largest absolute Gasteiger partial charge is 0.444 e. The van der Waals surface area contributed by atoms with E-state index >= 15 is 0 Å². The summed E-state index contributed by atoms with van der Waals surface area (Å²) in [6.07, 6.45) is 6.14. The van der Waals surface area contributed by atoms with E-state index in [1.165, 1.54) is 5.56 Å². The second kappa shape index (κ2) is 10.6. The fourth-order valence-electron chi connectivity index (χ4n) is 6.63. The maximum absolute atomic E-state index is 13.9. The number of hydrogen-bond acceptors (Lipinski definition) is 5. The molecule has 0 saturated carbocycles. The fraction of sp³-hybridized carbons (Fsp3) is 0.545. The minimum Gasteiger partial charge on any atom is -0.444 e. The van der Waals surface area contributed by atoms with Crippen LogP contribution in [0.15, 0.2) is 30.6 Å². The third-order valence-electron chi connectivity index (χ3n) is 8.83. The monoisotopic (exact) mass is 573 g/mol. The minimum atomic E-state index is -0.574. The van der Waals surface area contributed by atoms with E-state index in [1.54, 1.807) is 0 Å². The van der Waals surface area contributed by atoms with Crippen molar-refractivity contribution in [3.8, 4) is 11.1 Å². The molecule has 42 heavy (non-hydrogen) atoms. The number of aryl methyl sites for hydroxylation is 1. The molecule has 1 aromatic carbocycles. The molecule has 0 bridgehead atoms. The Morgan fingerprint density at radius 2 is 1.93 bits per heavy atom. The van der Waals surface area contributed by atoms with Crippen LogP contribution in [0.2, 0.25) is 0 Å². The number of nitrogens with one attached hydrogen (secondary N) is 1. The molecule has 3 aliphatic heterocycles. The molecule has 6 rings (SSSR count). The lowest BCUT2D eigenvalue weighted by Crippen LogP contribution is -2.59. The summed E-state index contributed by atoms with van der Waals surface area (Å²) in [7, 11) is 0. The number of pyridine rings is 1. The first-order valence-corrected chi connectivity index (χ1v) is 15.1. The number of rotatable bonds is 2. The number of likely N-dealkylation sites (tertiary alicyclic amines) is 1. The second-order valence-corrected chi connectivity index (χ2v) is 13.6. The topological polar surface area (TPSA) is 91.0 Å². The van der Waals surface area contributed by atoms with Crippen molar-refractivity contribution in [1.82, 2.24) is 24.7 Å². The van der Waals surface area contributed by atoms with Gasteiger partial charge in [-0.2, -0.15) is 0 Å². The highest BCUT2D eigenvalue weighted by molar-refractivity contribution is 5.85. The smallest absolute Gasteiger partial charge is 0.410 e. The Balaban J connectivity index is 1.40. The number of carbonyl (C=O) groups is 2. The van der Waals surface area contributed by atoms with Crippen LogP contribution in [0.25, 0.3) is 22.2 Å². The Kier molecular flexibility index (Phi) is 7.20. The molecule has 0 radical (unpaired) electrons. The second-order valence-electron chi connectivity index (χ2n) is 13.6. The van der Waals surface area contributed by atoms with Crippen molar-refractivity contribution in [2.45, 2.75) is 84.5 Å². The van der Waals surface area contributed by atoms with Crippen LogP contribution in [0.1, 0.15) is 75.8 Å². The maximum Gasteiger partial charge on any atom is 0.410 e. The van der Waals surface area contributed by atoms with Crippen LogP contribution in [0.5, 0.6) is 0 Å². The number of fused-ring (bicyclic) bond motifs is 2. The van der Waals surface area contributed by atoms with Gasteiger partial charge < -0.3 is 29.2 Å². The molecule has 1 N–H and O–H groups in total. The van der Waals surface area contributed by atoms with Crippen molar-refractivity contribution >= 4 is 23.2 Å². The van der Waals surface area contributed by atoms with Gasteiger partial charge in [0.2, 0.25) is 0 Å².